The van der Waals surface area contributed by atoms with E-state index in [1.807, 2.05) is 18.2 Å². The number of anilines is 1. The van der Waals surface area contributed by atoms with Crippen molar-refractivity contribution in [3.63, 3.8) is 0 Å². The topological polar surface area (TPSA) is 46.2 Å². The van der Waals surface area contributed by atoms with Gasteiger partial charge in [-0.25, -0.2) is 0 Å². The fourth-order valence-corrected chi connectivity index (χ4v) is 3.43. The molecule has 0 amide bonds. The molecule has 0 saturated carbocycles. The summed E-state index contributed by atoms with van der Waals surface area (Å²) in [5, 5.41) is 9.29. The molecule has 5 heteroatoms. The van der Waals surface area contributed by atoms with Crippen molar-refractivity contribution in [3.8, 4) is 16.9 Å². The van der Waals surface area contributed by atoms with Crippen LogP contribution in [0.5, 0.6) is 5.75 Å². The Morgan fingerprint density at radius 2 is 1.53 bits per heavy atom. The van der Waals surface area contributed by atoms with Gasteiger partial charge >= 0.3 is 0 Å². The average molecular weight is 422 g/mol. The summed E-state index contributed by atoms with van der Waals surface area (Å²) in [6.45, 7) is 0. The molecule has 0 unspecified atom stereocenters. The summed E-state index contributed by atoms with van der Waals surface area (Å²) in [7, 11) is 0. The van der Waals surface area contributed by atoms with E-state index in [0.717, 1.165) is 24.5 Å². The second-order valence-electron chi connectivity index (χ2n) is 3.50. The third kappa shape index (κ3) is 2.51. The molecule has 0 saturated heterocycles. The lowest BCUT2D eigenvalue weighted by molar-refractivity contribution is 0.475. The molecule has 0 atom stereocenters. The summed E-state index contributed by atoms with van der Waals surface area (Å²) >= 11 is 10.4. The molecule has 17 heavy (non-hydrogen) atoms. The molecule has 3 N–H and O–H groups in total. The van der Waals surface area contributed by atoms with E-state index in [9.17, 15) is 5.11 Å². The van der Waals surface area contributed by atoms with Crippen LogP contribution >= 0.6 is 47.8 Å². The van der Waals surface area contributed by atoms with Gasteiger partial charge in [-0.3, -0.25) is 0 Å². The molecule has 0 aliphatic carbocycles. The molecular weight excluding hydrogens is 414 g/mol. The first-order chi connectivity index (χ1) is 8.00. The van der Waals surface area contributed by atoms with Crippen molar-refractivity contribution in [1.29, 1.82) is 0 Å². The molecular formula is C12H8Br3NO. The van der Waals surface area contributed by atoms with Crippen molar-refractivity contribution in [2.75, 3.05) is 5.73 Å². The van der Waals surface area contributed by atoms with E-state index in [4.69, 9.17) is 5.73 Å². The summed E-state index contributed by atoms with van der Waals surface area (Å²) in [5.41, 5.74) is 8.48. The Balaban J connectivity index is 2.67. The van der Waals surface area contributed by atoms with E-state index < -0.39 is 0 Å². The number of nitrogen functional groups attached to an aromatic ring is 1. The predicted octanol–water partition coefficient (Wildman–Crippen LogP) is 4.93. The van der Waals surface area contributed by atoms with Gasteiger partial charge in [-0.05, 0) is 55.6 Å². The second-order valence-corrected chi connectivity index (χ2v) is 5.94. The number of benzene rings is 2. The van der Waals surface area contributed by atoms with Crippen molar-refractivity contribution in [2.24, 2.45) is 0 Å². The van der Waals surface area contributed by atoms with E-state index >= 15 is 0 Å². The number of nitrogens with two attached hydrogens (primary N) is 1. The predicted molar refractivity (Wildman–Crippen MR) is 81.1 cm³/mol. The van der Waals surface area contributed by atoms with E-state index in [2.05, 4.69) is 47.8 Å². The summed E-state index contributed by atoms with van der Waals surface area (Å²) in [5.74, 6) is 0.246. The highest BCUT2D eigenvalue weighted by Gasteiger charge is 2.13. The number of hydrogen-bond donors (Lipinski definition) is 2. The van der Waals surface area contributed by atoms with E-state index in [0.29, 0.717) is 5.69 Å². The van der Waals surface area contributed by atoms with E-state index in [1.54, 1.807) is 12.1 Å². The minimum atomic E-state index is 0.246. The van der Waals surface area contributed by atoms with Gasteiger partial charge in [0, 0.05) is 20.2 Å². The summed E-state index contributed by atoms with van der Waals surface area (Å²) in [6.07, 6.45) is 0. The van der Waals surface area contributed by atoms with Crippen LogP contribution in [0.3, 0.4) is 0 Å². The number of phenolic OH excluding ortho intramolecular Hbond substituents is 1. The molecule has 0 aromatic heterocycles. The quantitative estimate of drug-likeness (QED) is 0.506. The minimum Gasteiger partial charge on any atom is -0.508 e. The SMILES string of the molecule is Nc1cc(Br)c(-c2ccc(O)cc2)c(Br)c1Br. The number of halogens is 3. The summed E-state index contributed by atoms with van der Waals surface area (Å²) in [4.78, 5) is 0. The van der Waals surface area contributed by atoms with Crippen molar-refractivity contribution in [1.82, 2.24) is 0 Å². The van der Waals surface area contributed by atoms with Crippen LogP contribution in [0.4, 0.5) is 5.69 Å². The molecule has 0 fully saturated rings. The second kappa shape index (κ2) is 5.00. The van der Waals surface area contributed by atoms with Gasteiger partial charge in [0.25, 0.3) is 0 Å². The zero-order valence-electron chi connectivity index (χ0n) is 8.55. The van der Waals surface area contributed by atoms with Crippen molar-refractivity contribution < 1.29 is 5.11 Å². The monoisotopic (exact) mass is 419 g/mol. The zero-order valence-corrected chi connectivity index (χ0v) is 13.3. The van der Waals surface area contributed by atoms with Gasteiger partial charge < -0.3 is 10.8 Å². The lowest BCUT2D eigenvalue weighted by atomic mass is 10.1. The van der Waals surface area contributed by atoms with Crippen LogP contribution < -0.4 is 5.73 Å². The van der Waals surface area contributed by atoms with Crippen molar-refractivity contribution in [3.05, 3.63) is 43.7 Å². The highest BCUT2D eigenvalue weighted by atomic mass is 79.9. The third-order valence-corrected chi connectivity index (χ3v) is 5.15. The fraction of sp³-hybridized carbons (Fsp3) is 0. The van der Waals surface area contributed by atoms with Gasteiger partial charge in [0.15, 0.2) is 0 Å². The largest absolute Gasteiger partial charge is 0.508 e. The maximum absolute atomic E-state index is 9.29. The summed E-state index contributed by atoms with van der Waals surface area (Å²) in [6, 6.07) is 8.85. The van der Waals surface area contributed by atoms with Gasteiger partial charge in [-0.2, -0.15) is 0 Å². The smallest absolute Gasteiger partial charge is 0.115 e. The zero-order chi connectivity index (χ0) is 12.6. The van der Waals surface area contributed by atoms with Gasteiger partial charge in [-0.15, -0.1) is 0 Å². The van der Waals surface area contributed by atoms with Gasteiger partial charge in [-0.1, -0.05) is 28.1 Å². The third-order valence-electron chi connectivity index (χ3n) is 2.34. The molecule has 0 heterocycles. The van der Waals surface area contributed by atoms with E-state index in [1.165, 1.54) is 0 Å². The Morgan fingerprint density at radius 1 is 0.941 bits per heavy atom. The number of rotatable bonds is 1. The Kier molecular flexibility index (Phi) is 3.80. The van der Waals surface area contributed by atoms with Crippen LogP contribution in [-0.4, -0.2) is 5.11 Å². The normalized spacial score (nSPS) is 10.5. The molecule has 0 bridgehead atoms. The number of hydrogen-bond acceptors (Lipinski definition) is 2. The first kappa shape index (κ1) is 12.9. The molecule has 0 aliphatic rings. The first-order valence-corrected chi connectivity index (χ1v) is 7.11. The molecule has 2 aromatic carbocycles. The standard InChI is InChI=1S/C12H8Br3NO/c13-8-5-9(16)11(14)12(15)10(8)6-1-3-7(17)4-2-6/h1-5,17H,16H2. The number of aromatic hydroxyl groups is 1. The van der Waals surface area contributed by atoms with E-state index in [-0.39, 0.29) is 5.75 Å². The highest BCUT2D eigenvalue weighted by Crippen LogP contribution is 2.42. The molecule has 88 valence electrons. The molecule has 2 aromatic rings. The van der Waals surface area contributed by atoms with Crippen molar-refractivity contribution >= 4 is 53.5 Å². The lowest BCUT2D eigenvalue weighted by Gasteiger charge is -2.11. The Bertz CT molecular complexity index is 567. The maximum Gasteiger partial charge on any atom is 0.115 e. The van der Waals surface area contributed by atoms with Crippen LogP contribution in [0.2, 0.25) is 0 Å². The van der Waals surface area contributed by atoms with Gasteiger partial charge in [0.05, 0.1) is 4.47 Å². The average Bonchev–Trinajstić information content (AvgIpc) is 2.29. The Hall–Kier alpha value is -0.520. The molecule has 0 radical (unpaired) electrons. The minimum absolute atomic E-state index is 0.246. The van der Waals surface area contributed by atoms with Crippen LogP contribution in [-0.2, 0) is 0 Å². The maximum atomic E-state index is 9.29. The molecule has 0 aliphatic heterocycles. The van der Waals surface area contributed by atoms with Gasteiger partial charge in [0.2, 0.25) is 0 Å². The molecule has 0 spiro atoms. The van der Waals surface area contributed by atoms with Crippen LogP contribution in [0.1, 0.15) is 0 Å². The van der Waals surface area contributed by atoms with Crippen LogP contribution in [0.25, 0.3) is 11.1 Å². The van der Waals surface area contributed by atoms with Crippen molar-refractivity contribution in [2.45, 2.75) is 0 Å². The Labute approximate surface area is 124 Å². The number of phenols is 1. The summed E-state index contributed by atoms with van der Waals surface area (Å²) < 4.78 is 2.61. The molecule has 2 nitrogen and oxygen atoms in total. The van der Waals surface area contributed by atoms with Gasteiger partial charge in [0.1, 0.15) is 5.75 Å². The lowest BCUT2D eigenvalue weighted by Crippen LogP contribution is -1.91. The first-order valence-electron chi connectivity index (χ1n) is 4.73. The van der Waals surface area contributed by atoms with Crippen LogP contribution in [0, 0.1) is 0 Å². The Morgan fingerprint density at radius 3 is 2.12 bits per heavy atom. The highest BCUT2D eigenvalue weighted by molar-refractivity contribution is 9.13. The van der Waals surface area contributed by atoms with Crippen LogP contribution in [0.15, 0.2) is 43.7 Å². The molecule has 2 rings (SSSR count). The fourth-order valence-electron chi connectivity index (χ4n) is 1.51.